The molecule has 0 spiro atoms. The molecule has 0 aromatic carbocycles. The molecule has 2 aliphatic rings. The molecule has 3 heterocycles. The zero-order valence-corrected chi connectivity index (χ0v) is 11.4. The molecule has 0 radical (unpaired) electrons. The highest BCUT2D eigenvalue weighted by Gasteiger charge is 2.31. The van der Waals surface area contributed by atoms with Gasteiger partial charge in [-0.3, -0.25) is 9.69 Å². The van der Waals surface area contributed by atoms with Crippen LogP contribution in [-0.2, 0) is 17.7 Å². The van der Waals surface area contributed by atoms with E-state index in [4.69, 9.17) is 9.15 Å². The molecule has 0 unspecified atom stereocenters. The lowest BCUT2D eigenvalue weighted by Gasteiger charge is -2.19. The molecule has 1 amide bonds. The van der Waals surface area contributed by atoms with E-state index in [1.807, 2.05) is 7.05 Å². The number of likely N-dealkylation sites (N-methyl/N-ethyl adjacent to an activating group) is 1. The topological polar surface area (TPSA) is 58.8 Å². The van der Waals surface area contributed by atoms with Gasteiger partial charge in [0.05, 0.1) is 11.8 Å². The maximum absolute atomic E-state index is 12.3. The molecule has 3 rings (SSSR count). The van der Waals surface area contributed by atoms with Crippen molar-refractivity contribution >= 4 is 5.91 Å². The number of likely N-dealkylation sites (tertiary alicyclic amines) is 1. The van der Waals surface area contributed by atoms with E-state index in [0.717, 1.165) is 37.4 Å². The summed E-state index contributed by atoms with van der Waals surface area (Å²) in [4.78, 5) is 20.6. The zero-order valence-electron chi connectivity index (χ0n) is 11.4. The van der Waals surface area contributed by atoms with Crippen LogP contribution in [0.2, 0.25) is 0 Å². The van der Waals surface area contributed by atoms with Gasteiger partial charge in [-0.15, -0.1) is 0 Å². The molecule has 6 heteroatoms. The van der Waals surface area contributed by atoms with Crippen LogP contribution in [0.15, 0.2) is 4.42 Å². The van der Waals surface area contributed by atoms with Gasteiger partial charge < -0.3 is 14.1 Å². The van der Waals surface area contributed by atoms with Crippen molar-refractivity contribution in [3.05, 3.63) is 17.3 Å². The zero-order chi connectivity index (χ0) is 13.4. The minimum atomic E-state index is -0.114. The van der Waals surface area contributed by atoms with Crippen LogP contribution in [0.4, 0.5) is 0 Å². The van der Waals surface area contributed by atoms with Crippen molar-refractivity contribution in [1.29, 1.82) is 0 Å². The Kier molecular flexibility index (Phi) is 3.28. The normalized spacial score (nSPS) is 23.7. The van der Waals surface area contributed by atoms with Gasteiger partial charge >= 0.3 is 5.91 Å². The number of ether oxygens (including phenoxy) is 1. The third-order valence-corrected chi connectivity index (χ3v) is 3.87. The Morgan fingerprint density at radius 3 is 3.05 bits per heavy atom. The maximum atomic E-state index is 12.3. The first-order valence-electron chi connectivity index (χ1n) is 6.66. The fraction of sp³-hybridized carbons (Fsp3) is 0.692. The first-order valence-corrected chi connectivity index (χ1v) is 6.66. The van der Waals surface area contributed by atoms with Crippen molar-refractivity contribution < 1.29 is 13.9 Å². The number of carbonyl (C=O) groups excluding carboxylic acids is 1. The van der Waals surface area contributed by atoms with Crippen molar-refractivity contribution in [2.45, 2.75) is 25.5 Å². The molecule has 1 saturated heterocycles. The molecular weight excluding hydrogens is 246 g/mol. The van der Waals surface area contributed by atoms with E-state index >= 15 is 0 Å². The smallest absolute Gasteiger partial charge is 0.309 e. The average molecular weight is 265 g/mol. The molecule has 0 bridgehead atoms. The second kappa shape index (κ2) is 4.94. The van der Waals surface area contributed by atoms with Crippen LogP contribution < -0.4 is 0 Å². The Bertz CT molecular complexity index is 485. The van der Waals surface area contributed by atoms with E-state index in [9.17, 15) is 4.79 Å². The van der Waals surface area contributed by atoms with Crippen LogP contribution in [0.25, 0.3) is 0 Å². The third kappa shape index (κ3) is 2.37. The van der Waals surface area contributed by atoms with E-state index in [-0.39, 0.29) is 17.9 Å². The number of hydrogen-bond donors (Lipinski definition) is 0. The van der Waals surface area contributed by atoms with Crippen molar-refractivity contribution in [3.8, 4) is 0 Å². The van der Waals surface area contributed by atoms with Gasteiger partial charge in [0.1, 0.15) is 5.76 Å². The fourth-order valence-corrected chi connectivity index (χ4v) is 2.66. The highest BCUT2D eigenvalue weighted by atomic mass is 16.5. The predicted octanol–water partition coefficient (Wildman–Crippen LogP) is 0.523. The molecule has 104 valence electrons. The number of nitrogens with zero attached hydrogens (tertiary/aromatic N) is 3. The van der Waals surface area contributed by atoms with Gasteiger partial charge in [0, 0.05) is 39.7 Å². The summed E-state index contributed by atoms with van der Waals surface area (Å²) in [5.74, 6) is 0.984. The molecule has 1 aromatic heterocycles. The summed E-state index contributed by atoms with van der Waals surface area (Å²) in [6.45, 7) is 3.05. The summed E-state index contributed by atoms with van der Waals surface area (Å²) in [5, 5.41) is 0. The lowest BCUT2D eigenvalue weighted by molar-refractivity contribution is 0.0687. The molecule has 6 nitrogen and oxygen atoms in total. The van der Waals surface area contributed by atoms with Gasteiger partial charge in [0.15, 0.2) is 0 Å². The second-order valence-corrected chi connectivity index (χ2v) is 5.27. The second-order valence-electron chi connectivity index (χ2n) is 5.27. The van der Waals surface area contributed by atoms with Gasteiger partial charge in [0.25, 0.3) is 5.89 Å². The largest absolute Gasteiger partial charge is 0.437 e. The number of hydrogen-bond acceptors (Lipinski definition) is 5. The monoisotopic (exact) mass is 265 g/mol. The highest BCUT2D eigenvalue weighted by Crippen LogP contribution is 2.21. The Balaban J connectivity index is 1.74. The lowest BCUT2D eigenvalue weighted by Crippen LogP contribution is -2.30. The molecule has 1 fully saturated rings. The van der Waals surface area contributed by atoms with Gasteiger partial charge in [-0.2, -0.15) is 0 Å². The van der Waals surface area contributed by atoms with Crippen LogP contribution >= 0.6 is 0 Å². The molecular formula is C13H19N3O3. The molecule has 1 atom stereocenters. The summed E-state index contributed by atoms with van der Waals surface area (Å²) in [5.41, 5.74) is 0.902. The van der Waals surface area contributed by atoms with E-state index < -0.39 is 0 Å². The van der Waals surface area contributed by atoms with Gasteiger partial charge in [-0.25, -0.2) is 4.98 Å². The van der Waals surface area contributed by atoms with Crippen LogP contribution in [0.1, 0.15) is 28.6 Å². The summed E-state index contributed by atoms with van der Waals surface area (Å²) in [6, 6.07) is 0. The van der Waals surface area contributed by atoms with Crippen molar-refractivity contribution in [2.24, 2.45) is 0 Å². The van der Waals surface area contributed by atoms with Gasteiger partial charge in [0.2, 0.25) is 0 Å². The number of fused-ring (bicyclic) bond motifs is 1. The number of rotatable bonds is 2. The van der Waals surface area contributed by atoms with Gasteiger partial charge in [-0.1, -0.05) is 0 Å². The lowest BCUT2D eigenvalue weighted by atomic mass is 10.2. The molecule has 2 aliphatic heterocycles. The van der Waals surface area contributed by atoms with E-state index in [0.29, 0.717) is 13.1 Å². The minimum Gasteiger partial charge on any atom is -0.437 e. The van der Waals surface area contributed by atoms with Gasteiger partial charge in [-0.05, 0) is 13.5 Å². The molecule has 0 aliphatic carbocycles. The van der Waals surface area contributed by atoms with Crippen LogP contribution in [-0.4, -0.2) is 60.6 Å². The van der Waals surface area contributed by atoms with Crippen LogP contribution in [0.5, 0.6) is 0 Å². The van der Waals surface area contributed by atoms with Crippen LogP contribution in [0, 0.1) is 0 Å². The first-order chi connectivity index (χ1) is 9.17. The van der Waals surface area contributed by atoms with Crippen molar-refractivity contribution in [2.75, 3.05) is 33.8 Å². The molecule has 0 saturated carbocycles. The number of amides is 1. The minimum absolute atomic E-state index is 0.114. The summed E-state index contributed by atoms with van der Waals surface area (Å²) in [6.07, 6.45) is 1.85. The molecule has 0 N–H and O–H groups in total. The van der Waals surface area contributed by atoms with E-state index in [1.165, 1.54) is 0 Å². The first kappa shape index (κ1) is 12.6. The number of oxazole rings is 1. The predicted molar refractivity (Wildman–Crippen MR) is 67.9 cm³/mol. The fourth-order valence-electron chi connectivity index (χ4n) is 2.66. The summed E-state index contributed by atoms with van der Waals surface area (Å²) in [7, 11) is 3.72. The Labute approximate surface area is 112 Å². The Morgan fingerprint density at radius 1 is 1.47 bits per heavy atom. The molecule has 1 aromatic rings. The SMILES string of the molecule is CO[C@@H]1CCN(C(=O)c2nc3c(o2)CCN(C)C3)C1. The Hall–Kier alpha value is -1.40. The number of carbonyl (C=O) groups is 1. The summed E-state index contributed by atoms with van der Waals surface area (Å²) < 4.78 is 10.9. The van der Waals surface area contributed by atoms with Crippen molar-refractivity contribution in [1.82, 2.24) is 14.8 Å². The quantitative estimate of drug-likeness (QED) is 0.780. The highest BCUT2D eigenvalue weighted by molar-refractivity contribution is 5.90. The standard InChI is InChI=1S/C13H19N3O3/c1-15-5-4-11-10(8-15)14-12(19-11)13(17)16-6-3-9(7-16)18-2/h9H,3-8H2,1-2H3/t9-/m1/s1. The number of methoxy groups -OCH3 is 1. The summed E-state index contributed by atoms with van der Waals surface area (Å²) >= 11 is 0. The van der Waals surface area contributed by atoms with Crippen LogP contribution in [0.3, 0.4) is 0 Å². The maximum Gasteiger partial charge on any atom is 0.309 e. The average Bonchev–Trinajstić information content (AvgIpc) is 3.03. The van der Waals surface area contributed by atoms with E-state index in [1.54, 1.807) is 12.0 Å². The van der Waals surface area contributed by atoms with Crippen molar-refractivity contribution in [3.63, 3.8) is 0 Å². The third-order valence-electron chi connectivity index (χ3n) is 3.87. The van der Waals surface area contributed by atoms with E-state index in [2.05, 4.69) is 9.88 Å². The molecule has 19 heavy (non-hydrogen) atoms. The number of aromatic nitrogens is 1. The Morgan fingerprint density at radius 2 is 2.32 bits per heavy atom.